The highest BCUT2D eigenvalue weighted by Crippen LogP contribution is 2.24. The van der Waals surface area contributed by atoms with Crippen LogP contribution in [0.1, 0.15) is 12.8 Å². The number of halogens is 2. The molecule has 114 valence electrons. The Labute approximate surface area is 123 Å². The molecule has 0 aliphatic carbocycles. The monoisotopic (exact) mass is 318 g/mol. The van der Waals surface area contributed by atoms with E-state index in [2.05, 4.69) is 5.32 Å². The van der Waals surface area contributed by atoms with Crippen LogP contribution in [0.5, 0.6) is 0 Å². The number of anilines is 1. The quantitative estimate of drug-likeness (QED) is 0.639. The zero-order valence-corrected chi connectivity index (χ0v) is 11.4. The summed E-state index contributed by atoms with van der Waals surface area (Å²) in [4.78, 5) is 32.9. The number of carbonyl (C=O) groups is 3. The molecule has 9 heteroatoms. The van der Waals surface area contributed by atoms with Crippen LogP contribution in [0.2, 0.25) is 5.02 Å². The van der Waals surface area contributed by atoms with E-state index in [1.807, 2.05) is 5.32 Å². The molecule has 1 aromatic rings. The summed E-state index contributed by atoms with van der Waals surface area (Å²) in [6.07, 6.45) is -0.735. The van der Waals surface area contributed by atoms with Crippen LogP contribution in [-0.2, 0) is 9.59 Å². The zero-order chi connectivity index (χ0) is 16.0. The summed E-state index contributed by atoms with van der Waals surface area (Å²) in [5.41, 5.74) is -0.293. The summed E-state index contributed by atoms with van der Waals surface area (Å²) in [5.74, 6) is -3.37. The lowest BCUT2D eigenvalue weighted by molar-refractivity contribution is -0.140. The van der Waals surface area contributed by atoms with E-state index in [0.29, 0.717) is 0 Å². The van der Waals surface area contributed by atoms with Gasteiger partial charge in [0, 0.05) is 6.42 Å². The molecule has 0 aliphatic rings. The Balaban J connectivity index is 2.70. The standard InChI is InChI=1S/C12H12ClFN2O5/c13-6-2-1-3-7(14)10(6)16-12(21)15-8(11(19)20)4-5-9(17)18/h1-3,8H,4-5H2,(H,17,18)(H,19,20)(H2,15,16,21)/t8-/m0/s1. The fourth-order valence-electron chi connectivity index (χ4n) is 1.45. The average molecular weight is 319 g/mol. The summed E-state index contributed by atoms with van der Waals surface area (Å²) in [7, 11) is 0. The smallest absolute Gasteiger partial charge is 0.326 e. The third-order valence-electron chi connectivity index (χ3n) is 2.45. The molecule has 0 saturated heterocycles. The van der Waals surface area contributed by atoms with Crippen molar-refractivity contribution in [2.24, 2.45) is 0 Å². The molecule has 0 bridgehead atoms. The molecule has 4 N–H and O–H groups in total. The van der Waals surface area contributed by atoms with Crippen LogP contribution in [0.25, 0.3) is 0 Å². The van der Waals surface area contributed by atoms with Crippen molar-refractivity contribution in [2.45, 2.75) is 18.9 Å². The van der Waals surface area contributed by atoms with Gasteiger partial charge in [-0.2, -0.15) is 0 Å². The van der Waals surface area contributed by atoms with Crippen LogP contribution in [0.4, 0.5) is 14.9 Å². The van der Waals surface area contributed by atoms with Gasteiger partial charge in [0.05, 0.1) is 10.7 Å². The Morgan fingerprint density at radius 3 is 2.48 bits per heavy atom. The molecule has 2 amide bonds. The van der Waals surface area contributed by atoms with Crippen molar-refractivity contribution in [3.63, 3.8) is 0 Å². The Bertz CT molecular complexity index is 546. The van der Waals surface area contributed by atoms with Crippen molar-refractivity contribution in [3.8, 4) is 0 Å². The highest BCUT2D eigenvalue weighted by atomic mass is 35.5. The van der Waals surface area contributed by atoms with E-state index in [1.54, 1.807) is 0 Å². The third-order valence-corrected chi connectivity index (χ3v) is 2.77. The number of amides is 2. The average Bonchev–Trinajstić information content (AvgIpc) is 2.38. The molecule has 7 nitrogen and oxygen atoms in total. The molecule has 0 heterocycles. The highest BCUT2D eigenvalue weighted by molar-refractivity contribution is 6.33. The van der Waals surface area contributed by atoms with Gasteiger partial charge in [-0.15, -0.1) is 0 Å². The summed E-state index contributed by atoms with van der Waals surface area (Å²) >= 11 is 5.70. The zero-order valence-electron chi connectivity index (χ0n) is 10.6. The molecule has 0 aliphatic heterocycles. The SMILES string of the molecule is O=C(O)CC[C@H](NC(=O)Nc1c(F)cccc1Cl)C(=O)O. The summed E-state index contributed by atoms with van der Waals surface area (Å²) in [6, 6.07) is 1.35. The number of rotatable bonds is 6. The van der Waals surface area contributed by atoms with Crippen molar-refractivity contribution < 1.29 is 29.0 Å². The Kier molecular flexibility index (Phi) is 5.92. The maximum atomic E-state index is 13.4. The van der Waals surface area contributed by atoms with Crippen molar-refractivity contribution in [2.75, 3.05) is 5.32 Å². The molecule has 0 fully saturated rings. The van der Waals surface area contributed by atoms with E-state index < -0.39 is 36.2 Å². The summed E-state index contributed by atoms with van der Waals surface area (Å²) < 4.78 is 13.4. The second-order valence-corrected chi connectivity index (χ2v) is 4.43. The molecule has 1 rings (SSSR count). The Hall–Kier alpha value is -2.35. The van der Waals surface area contributed by atoms with Gasteiger partial charge in [0.2, 0.25) is 0 Å². The number of hydrogen-bond donors (Lipinski definition) is 4. The first-order chi connectivity index (χ1) is 9.81. The van der Waals surface area contributed by atoms with Gasteiger partial charge in [-0.25, -0.2) is 14.0 Å². The second kappa shape index (κ2) is 7.44. The molecule has 0 spiro atoms. The van der Waals surface area contributed by atoms with Gasteiger partial charge >= 0.3 is 18.0 Å². The van der Waals surface area contributed by atoms with E-state index in [4.69, 9.17) is 21.8 Å². The van der Waals surface area contributed by atoms with Crippen LogP contribution in [0.3, 0.4) is 0 Å². The van der Waals surface area contributed by atoms with Crippen LogP contribution >= 0.6 is 11.6 Å². The minimum absolute atomic E-state index is 0.0532. The molecule has 0 aromatic heterocycles. The Morgan fingerprint density at radius 1 is 1.29 bits per heavy atom. The fraction of sp³-hybridized carbons (Fsp3) is 0.250. The minimum atomic E-state index is -1.41. The number of para-hydroxylation sites is 1. The van der Waals surface area contributed by atoms with E-state index in [-0.39, 0.29) is 17.1 Å². The summed E-state index contributed by atoms with van der Waals surface area (Å²) in [6.45, 7) is 0. The molecule has 1 atom stereocenters. The van der Waals surface area contributed by atoms with Gasteiger partial charge in [0.25, 0.3) is 0 Å². The normalized spacial score (nSPS) is 11.5. The first-order valence-electron chi connectivity index (χ1n) is 5.77. The van der Waals surface area contributed by atoms with Crippen molar-refractivity contribution in [1.29, 1.82) is 0 Å². The lowest BCUT2D eigenvalue weighted by atomic mass is 10.1. The van der Waals surface area contributed by atoms with Gasteiger partial charge in [0.15, 0.2) is 0 Å². The number of carboxylic acids is 2. The van der Waals surface area contributed by atoms with E-state index in [1.165, 1.54) is 12.1 Å². The number of aliphatic carboxylic acids is 2. The minimum Gasteiger partial charge on any atom is -0.481 e. The number of hydrogen-bond acceptors (Lipinski definition) is 3. The van der Waals surface area contributed by atoms with Crippen LogP contribution in [0.15, 0.2) is 18.2 Å². The predicted octanol–water partition coefficient (Wildman–Crippen LogP) is 1.92. The molecule has 0 unspecified atom stereocenters. The fourth-order valence-corrected chi connectivity index (χ4v) is 1.66. The van der Waals surface area contributed by atoms with Gasteiger partial charge in [-0.3, -0.25) is 4.79 Å². The van der Waals surface area contributed by atoms with E-state index >= 15 is 0 Å². The Morgan fingerprint density at radius 2 is 1.95 bits per heavy atom. The number of nitrogens with one attached hydrogen (secondary N) is 2. The highest BCUT2D eigenvalue weighted by Gasteiger charge is 2.21. The molecule has 0 saturated carbocycles. The van der Waals surface area contributed by atoms with E-state index in [0.717, 1.165) is 6.07 Å². The number of urea groups is 1. The lowest BCUT2D eigenvalue weighted by Crippen LogP contribution is -2.43. The van der Waals surface area contributed by atoms with Gasteiger partial charge in [-0.05, 0) is 18.6 Å². The van der Waals surface area contributed by atoms with Gasteiger partial charge in [-0.1, -0.05) is 17.7 Å². The van der Waals surface area contributed by atoms with Crippen molar-refractivity contribution in [3.05, 3.63) is 29.0 Å². The van der Waals surface area contributed by atoms with Crippen LogP contribution < -0.4 is 10.6 Å². The second-order valence-electron chi connectivity index (χ2n) is 4.02. The summed E-state index contributed by atoms with van der Waals surface area (Å²) in [5, 5.41) is 21.4. The lowest BCUT2D eigenvalue weighted by Gasteiger charge is -2.15. The molecular weight excluding hydrogens is 307 g/mol. The van der Waals surface area contributed by atoms with Gasteiger partial charge < -0.3 is 20.8 Å². The third kappa shape index (κ3) is 5.27. The largest absolute Gasteiger partial charge is 0.481 e. The van der Waals surface area contributed by atoms with E-state index in [9.17, 15) is 18.8 Å². The van der Waals surface area contributed by atoms with Gasteiger partial charge in [0.1, 0.15) is 11.9 Å². The maximum Gasteiger partial charge on any atom is 0.326 e. The number of benzene rings is 1. The van der Waals surface area contributed by atoms with Crippen molar-refractivity contribution in [1.82, 2.24) is 5.32 Å². The first-order valence-corrected chi connectivity index (χ1v) is 6.15. The molecular formula is C12H12ClFN2O5. The number of carboxylic acid groups (broad SMARTS) is 2. The van der Waals surface area contributed by atoms with Crippen LogP contribution in [0, 0.1) is 5.82 Å². The topological polar surface area (TPSA) is 116 Å². The molecule has 21 heavy (non-hydrogen) atoms. The number of carbonyl (C=O) groups excluding carboxylic acids is 1. The predicted molar refractivity (Wildman–Crippen MR) is 71.9 cm³/mol. The molecule has 0 radical (unpaired) electrons. The van der Waals surface area contributed by atoms with Crippen LogP contribution in [-0.4, -0.2) is 34.2 Å². The van der Waals surface area contributed by atoms with Crippen molar-refractivity contribution >= 4 is 35.3 Å². The first kappa shape index (κ1) is 16.7. The maximum absolute atomic E-state index is 13.4. The molecule has 1 aromatic carbocycles.